The summed E-state index contributed by atoms with van der Waals surface area (Å²) in [7, 11) is 2.07. The van der Waals surface area contributed by atoms with E-state index in [9.17, 15) is 0 Å². The van der Waals surface area contributed by atoms with Crippen LogP contribution >= 0.6 is 0 Å². The van der Waals surface area contributed by atoms with Crippen LogP contribution in [0.4, 0.5) is 0 Å². The molecular weight excluding hydrogens is 222 g/mol. The van der Waals surface area contributed by atoms with Crippen LogP contribution in [-0.4, -0.2) is 34.1 Å². The predicted molar refractivity (Wildman–Crippen MR) is 75.4 cm³/mol. The summed E-state index contributed by atoms with van der Waals surface area (Å²) in [6.45, 7) is 5.60. The van der Waals surface area contributed by atoms with Gasteiger partial charge in [0.15, 0.2) is 0 Å². The average Bonchev–Trinajstić information content (AvgIpc) is 2.77. The van der Waals surface area contributed by atoms with Crippen molar-refractivity contribution >= 4 is 16.6 Å². The molecule has 0 fully saturated rings. The highest BCUT2D eigenvalue weighted by molar-refractivity contribution is 5.91. The first-order chi connectivity index (χ1) is 8.79. The number of aryl methyl sites for hydroxylation is 1. The first kappa shape index (κ1) is 11.5. The van der Waals surface area contributed by atoms with Crippen molar-refractivity contribution in [2.75, 3.05) is 19.6 Å². The summed E-state index contributed by atoms with van der Waals surface area (Å²) in [5.41, 5.74) is 3.90. The molecule has 3 heteroatoms. The third-order valence-corrected chi connectivity index (χ3v) is 3.82. The highest BCUT2D eigenvalue weighted by Gasteiger charge is 2.15. The molecule has 2 aromatic heterocycles. The van der Waals surface area contributed by atoms with Crippen LogP contribution in [0.2, 0.25) is 0 Å². The lowest BCUT2D eigenvalue weighted by Crippen LogP contribution is -2.27. The lowest BCUT2D eigenvalue weighted by Gasteiger charge is -2.24. The van der Waals surface area contributed by atoms with Gasteiger partial charge < -0.3 is 4.57 Å². The molecule has 0 amide bonds. The van der Waals surface area contributed by atoms with Crippen LogP contribution in [0.25, 0.3) is 16.6 Å². The molecule has 0 saturated carbocycles. The number of aromatic nitrogens is 2. The highest BCUT2D eigenvalue weighted by Crippen LogP contribution is 2.29. The van der Waals surface area contributed by atoms with E-state index in [-0.39, 0.29) is 0 Å². The number of likely N-dealkylation sites (N-methyl/N-ethyl adjacent to an activating group) is 1. The van der Waals surface area contributed by atoms with Gasteiger partial charge in [0.2, 0.25) is 0 Å². The molecule has 1 aliphatic rings. The Morgan fingerprint density at radius 3 is 3.00 bits per heavy atom. The van der Waals surface area contributed by atoms with Gasteiger partial charge in [0.05, 0.1) is 0 Å². The topological polar surface area (TPSA) is 21.1 Å². The van der Waals surface area contributed by atoms with Gasteiger partial charge in [-0.1, -0.05) is 13.0 Å². The molecule has 0 N–H and O–H groups in total. The molecule has 18 heavy (non-hydrogen) atoms. The Labute approximate surface area is 108 Å². The Balaban J connectivity index is 2.03. The molecule has 94 valence electrons. The molecule has 1 aliphatic heterocycles. The first-order valence-corrected chi connectivity index (χ1v) is 6.61. The molecular formula is C15H19N3. The second kappa shape index (κ2) is 4.58. The normalized spacial score (nSPS) is 17.1. The Morgan fingerprint density at radius 1 is 1.39 bits per heavy atom. The van der Waals surface area contributed by atoms with E-state index in [1.165, 1.54) is 23.1 Å². The van der Waals surface area contributed by atoms with Crippen LogP contribution in [0.1, 0.15) is 18.9 Å². The van der Waals surface area contributed by atoms with Gasteiger partial charge in [-0.3, -0.25) is 4.90 Å². The third-order valence-electron chi connectivity index (χ3n) is 3.82. The summed E-state index contributed by atoms with van der Waals surface area (Å²) in [4.78, 5) is 6.92. The van der Waals surface area contributed by atoms with Crippen molar-refractivity contribution in [2.24, 2.45) is 7.05 Å². The maximum atomic E-state index is 4.45. The molecule has 0 bridgehead atoms. The fourth-order valence-corrected chi connectivity index (χ4v) is 2.71. The van der Waals surface area contributed by atoms with E-state index in [1.807, 2.05) is 12.3 Å². The van der Waals surface area contributed by atoms with E-state index in [0.29, 0.717) is 0 Å². The largest absolute Gasteiger partial charge is 0.335 e. The van der Waals surface area contributed by atoms with Crippen molar-refractivity contribution in [3.63, 3.8) is 0 Å². The molecule has 3 rings (SSSR count). The summed E-state index contributed by atoms with van der Waals surface area (Å²) >= 11 is 0. The molecule has 0 atom stereocenters. The standard InChI is InChI=1S/C15H19N3/c1-3-18-9-6-12(7-10-18)14-11-17(2)15-13(14)5-4-8-16-15/h4-6,8,11H,3,7,9-10H2,1-2H3. The van der Waals surface area contributed by atoms with Crippen LogP contribution in [-0.2, 0) is 7.05 Å². The summed E-state index contributed by atoms with van der Waals surface area (Å²) < 4.78 is 2.12. The van der Waals surface area contributed by atoms with Gasteiger partial charge in [0.25, 0.3) is 0 Å². The van der Waals surface area contributed by atoms with E-state index < -0.39 is 0 Å². The molecule has 0 aromatic carbocycles. The Bertz CT molecular complexity index is 595. The van der Waals surface area contributed by atoms with Gasteiger partial charge in [-0.15, -0.1) is 0 Å². The van der Waals surface area contributed by atoms with Gasteiger partial charge in [-0.05, 0) is 30.7 Å². The third kappa shape index (κ3) is 1.85. The van der Waals surface area contributed by atoms with E-state index in [4.69, 9.17) is 0 Å². The second-order valence-electron chi connectivity index (χ2n) is 4.90. The van der Waals surface area contributed by atoms with Crippen LogP contribution in [0.5, 0.6) is 0 Å². The highest BCUT2D eigenvalue weighted by atomic mass is 15.1. The van der Waals surface area contributed by atoms with E-state index in [1.54, 1.807) is 0 Å². The quantitative estimate of drug-likeness (QED) is 0.806. The van der Waals surface area contributed by atoms with Crippen molar-refractivity contribution in [1.82, 2.24) is 14.5 Å². The van der Waals surface area contributed by atoms with Crippen molar-refractivity contribution in [3.8, 4) is 0 Å². The summed E-state index contributed by atoms with van der Waals surface area (Å²) in [5.74, 6) is 0. The van der Waals surface area contributed by atoms with Gasteiger partial charge >= 0.3 is 0 Å². The van der Waals surface area contributed by atoms with E-state index in [2.05, 4.69) is 46.8 Å². The number of hydrogen-bond acceptors (Lipinski definition) is 2. The molecule has 0 saturated heterocycles. The zero-order valence-corrected chi connectivity index (χ0v) is 11.1. The molecule has 0 spiro atoms. The molecule has 2 aromatic rings. The van der Waals surface area contributed by atoms with Gasteiger partial charge in [-0.25, -0.2) is 4.98 Å². The molecule has 3 nitrogen and oxygen atoms in total. The molecule has 0 radical (unpaired) electrons. The lowest BCUT2D eigenvalue weighted by molar-refractivity contribution is 0.319. The van der Waals surface area contributed by atoms with Crippen LogP contribution in [0.15, 0.2) is 30.6 Å². The predicted octanol–water partition coefficient (Wildman–Crippen LogP) is 2.68. The monoisotopic (exact) mass is 241 g/mol. The van der Waals surface area contributed by atoms with Gasteiger partial charge in [-0.2, -0.15) is 0 Å². The van der Waals surface area contributed by atoms with Gasteiger partial charge in [0, 0.05) is 43.5 Å². The van der Waals surface area contributed by atoms with Crippen LogP contribution in [0.3, 0.4) is 0 Å². The number of hydrogen-bond donors (Lipinski definition) is 0. The smallest absolute Gasteiger partial charge is 0.140 e. The first-order valence-electron chi connectivity index (χ1n) is 6.61. The minimum Gasteiger partial charge on any atom is -0.335 e. The minimum absolute atomic E-state index is 1.07. The Hall–Kier alpha value is -1.61. The summed E-state index contributed by atoms with van der Waals surface area (Å²) in [6.07, 6.45) is 7.59. The lowest BCUT2D eigenvalue weighted by atomic mass is 10.00. The maximum absolute atomic E-state index is 4.45. The van der Waals surface area contributed by atoms with E-state index >= 15 is 0 Å². The van der Waals surface area contributed by atoms with Crippen molar-refractivity contribution < 1.29 is 0 Å². The molecule has 0 unspecified atom stereocenters. The van der Waals surface area contributed by atoms with Gasteiger partial charge in [0.1, 0.15) is 5.65 Å². The maximum Gasteiger partial charge on any atom is 0.140 e. The Morgan fingerprint density at radius 2 is 2.28 bits per heavy atom. The summed E-state index contributed by atoms with van der Waals surface area (Å²) in [5, 5.41) is 1.27. The van der Waals surface area contributed by atoms with Crippen LogP contribution in [0, 0.1) is 0 Å². The fraction of sp³-hybridized carbons (Fsp3) is 0.400. The zero-order valence-electron chi connectivity index (χ0n) is 11.1. The molecule has 0 aliphatic carbocycles. The second-order valence-corrected chi connectivity index (χ2v) is 4.90. The number of fused-ring (bicyclic) bond motifs is 1. The van der Waals surface area contributed by atoms with E-state index in [0.717, 1.165) is 25.2 Å². The summed E-state index contributed by atoms with van der Waals surface area (Å²) in [6, 6.07) is 4.19. The molecule has 3 heterocycles. The van der Waals surface area contributed by atoms with Crippen LogP contribution < -0.4 is 0 Å². The average molecular weight is 241 g/mol. The van der Waals surface area contributed by atoms with Crippen molar-refractivity contribution in [1.29, 1.82) is 0 Å². The number of rotatable bonds is 2. The van der Waals surface area contributed by atoms with Crippen molar-refractivity contribution in [2.45, 2.75) is 13.3 Å². The number of pyridine rings is 1. The minimum atomic E-state index is 1.07. The Kier molecular flexibility index (Phi) is 2.92. The fourth-order valence-electron chi connectivity index (χ4n) is 2.71. The number of nitrogens with zero attached hydrogens (tertiary/aromatic N) is 3. The SMILES string of the molecule is CCN1CC=C(c2cn(C)c3ncccc23)CC1. The van der Waals surface area contributed by atoms with Crippen molar-refractivity contribution in [3.05, 3.63) is 36.2 Å². The zero-order chi connectivity index (χ0) is 12.5.